The van der Waals surface area contributed by atoms with Gasteiger partial charge in [-0.15, -0.1) is 0 Å². The van der Waals surface area contributed by atoms with Gasteiger partial charge in [0.15, 0.2) is 0 Å². The van der Waals surface area contributed by atoms with Crippen LogP contribution in [0.25, 0.3) is 21.8 Å². The molecule has 0 aliphatic carbocycles. The van der Waals surface area contributed by atoms with Crippen molar-refractivity contribution in [2.75, 3.05) is 6.61 Å². The zero-order chi connectivity index (χ0) is 21.5. The van der Waals surface area contributed by atoms with Crippen LogP contribution in [-0.4, -0.2) is 15.7 Å². The normalized spacial score (nSPS) is 11.6. The fraction of sp³-hybridized carbons (Fsp3) is 0.214. The van der Waals surface area contributed by atoms with Crippen molar-refractivity contribution in [1.29, 1.82) is 0 Å². The van der Waals surface area contributed by atoms with Gasteiger partial charge in [-0.25, -0.2) is 0 Å². The molecular weight excluding hydrogens is 380 g/mol. The SMILES string of the molecule is CCOc1ccc(C(c2cn(C)c3ccccc23)c2cn(C)c3ccccc23)cc1C. The van der Waals surface area contributed by atoms with Gasteiger partial charge in [-0.3, -0.25) is 0 Å². The number of aryl methyl sites for hydroxylation is 3. The summed E-state index contributed by atoms with van der Waals surface area (Å²) in [5.74, 6) is 1.09. The number of ether oxygens (including phenoxy) is 1. The van der Waals surface area contributed by atoms with Crippen molar-refractivity contribution < 1.29 is 4.74 Å². The van der Waals surface area contributed by atoms with Gasteiger partial charge in [0.25, 0.3) is 0 Å². The minimum atomic E-state index is 0.131. The molecule has 0 saturated carbocycles. The lowest BCUT2D eigenvalue weighted by Gasteiger charge is -2.19. The molecule has 31 heavy (non-hydrogen) atoms. The highest BCUT2D eigenvalue weighted by Gasteiger charge is 2.25. The van der Waals surface area contributed by atoms with Crippen molar-refractivity contribution in [2.45, 2.75) is 19.8 Å². The molecule has 0 radical (unpaired) electrons. The second kappa shape index (κ2) is 7.66. The Morgan fingerprint density at radius 2 is 1.32 bits per heavy atom. The van der Waals surface area contributed by atoms with Crippen molar-refractivity contribution in [2.24, 2.45) is 14.1 Å². The highest BCUT2D eigenvalue weighted by molar-refractivity contribution is 5.89. The highest BCUT2D eigenvalue weighted by atomic mass is 16.5. The van der Waals surface area contributed by atoms with Gasteiger partial charge in [-0.2, -0.15) is 0 Å². The van der Waals surface area contributed by atoms with E-state index in [9.17, 15) is 0 Å². The van der Waals surface area contributed by atoms with Crippen LogP contribution in [0.2, 0.25) is 0 Å². The van der Waals surface area contributed by atoms with Crippen LogP contribution in [0.3, 0.4) is 0 Å². The van der Waals surface area contributed by atoms with Crippen LogP contribution in [-0.2, 0) is 14.1 Å². The predicted octanol–water partition coefficient (Wildman–Crippen LogP) is 6.56. The van der Waals surface area contributed by atoms with E-state index in [2.05, 4.69) is 109 Å². The molecule has 0 N–H and O–H groups in total. The molecule has 3 heteroatoms. The number of benzene rings is 3. The largest absolute Gasteiger partial charge is 0.494 e. The molecular formula is C28H28N2O. The number of rotatable bonds is 5. The van der Waals surface area contributed by atoms with Gasteiger partial charge >= 0.3 is 0 Å². The van der Waals surface area contributed by atoms with E-state index in [1.165, 1.54) is 44.1 Å². The Balaban J connectivity index is 1.80. The molecule has 0 saturated heterocycles. The third-order valence-electron chi connectivity index (χ3n) is 6.31. The molecule has 0 aliphatic rings. The van der Waals surface area contributed by atoms with Gasteiger partial charge in [-0.05, 0) is 54.3 Å². The van der Waals surface area contributed by atoms with E-state index in [-0.39, 0.29) is 5.92 Å². The average Bonchev–Trinajstić information content (AvgIpc) is 3.29. The molecule has 0 amide bonds. The number of hydrogen-bond donors (Lipinski definition) is 0. The number of hydrogen-bond acceptors (Lipinski definition) is 1. The summed E-state index contributed by atoms with van der Waals surface area (Å²) in [4.78, 5) is 0. The summed E-state index contributed by atoms with van der Waals surface area (Å²) < 4.78 is 10.3. The zero-order valence-corrected chi connectivity index (χ0v) is 18.6. The summed E-state index contributed by atoms with van der Waals surface area (Å²) in [6, 6.07) is 24.0. The van der Waals surface area contributed by atoms with Crippen molar-refractivity contribution >= 4 is 21.8 Å². The Kier molecular flexibility index (Phi) is 4.82. The van der Waals surface area contributed by atoms with E-state index >= 15 is 0 Å². The van der Waals surface area contributed by atoms with Gasteiger partial charge in [0.2, 0.25) is 0 Å². The smallest absolute Gasteiger partial charge is 0.122 e. The second-order valence-electron chi connectivity index (χ2n) is 8.32. The monoisotopic (exact) mass is 408 g/mol. The van der Waals surface area contributed by atoms with E-state index < -0.39 is 0 Å². The molecule has 5 aromatic rings. The molecule has 0 unspecified atom stereocenters. The topological polar surface area (TPSA) is 19.1 Å². The molecule has 2 aromatic heterocycles. The second-order valence-corrected chi connectivity index (χ2v) is 8.32. The Morgan fingerprint density at radius 3 is 1.84 bits per heavy atom. The zero-order valence-electron chi connectivity index (χ0n) is 18.6. The number of fused-ring (bicyclic) bond motifs is 2. The fourth-order valence-electron chi connectivity index (χ4n) is 4.90. The third kappa shape index (κ3) is 3.21. The van der Waals surface area contributed by atoms with Crippen molar-refractivity contribution in [3.8, 4) is 5.75 Å². The summed E-state index contributed by atoms with van der Waals surface area (Å²) >= 11 is 0. The lowest BCUT2D eigenvalue weighted by Crippen LogP contribution is -2.04. The fourth-order valence-corrected chi connectivity index (χ4v) is 4.90. The molecule has 2 heterocycles. The van der Waals surface area contributed by atoms with E-state index in [1.54, 1.807) is 0 Å². The minimum Gasteiger partial charge on any atom is -0.494 e. The van der Waals surface area contributed by atoms with Crippen molar-refractivity contribution in [3.63, 3.8) is 0 Å². The molecule has 0 fully saturated rings. The van der Waals surface area contributed by atoms with Gasteiger partial charge in [-0.1, -0.05) is 48.5 Å². The van der Waals surface area contributed by atoms with Gasteiger partial charge in [0.1, 0.15) is 5.75 Å². The number of aromatic nitrogens is 2. The first-order chi connectivity index (χ1) is 15.1. The maximum atomic E-state index is 5.82. The summed E-state index contributed by atoms with van der Waals surface area (Å²) in [7, 11) is 4.27. The Morgan fingerprint density at radius 1 is 0.774 bits per heavy atom. The molecule has 0 atom stereocenters. The lowest BCUT2D eigenvalue weighted by molar-refractivity contribution is 0.338. The number of nitrogens with zero attached hydrogens (tertiary/aromatic N) is 2. The standard InChI is InChI=1S/C28H28N2O/c1-5-31-27-15-14-20(16-19(27)2)28(23-17-29(3)25-12-8-6-10-21(23)25)24-18-30(4)26-13-9-7-11-22(24)26/h6-18,28H,5H2,1-4H3. The molecule has 0 bridgehead atoms. The lowest BCUT2D eigenvalue weighted by atomic mass is 9.84. The van der Waals surface area contributed by atoms with Gasteiger partial charge in [0, 0.05) is 54.2 Å². The highest BCUT2D eigenvalue weighted by Crippen LogP contribution is 2.41. The maximum absolute atomic E-state index is 5.82. The van der Waals surface area contributed by atoms with Crippen LogP contribution in [0.15, 0.2) is 79.1 Å². The summed E-state index contributed by atoms with van der Waals surface area (Å²) in [5, 5.41) is 2.60. The minimum absolute atomic E-state index is 0.131. The first-order valence-corrected chi connectivity index (χ1v) is 10.9. The predicted molar refractivity (Wildman–Crippen MR) is 129 cm³/mol. The molecule has 3 aromatic carbocycles. The van der Waals surface area contributed by atoms with E-state index in [0.29, 0.717) is 6.61 Å². The molecule has 5 rings (SSSR count). The maximum Gasteiger partial charge on any atom is 0.122 e. The van der Waals surface area contributed by atoms with Crippen molar-refractivity contribution in [1.82, 2.24) is 9.13 Å². The quantitative estimate of drug-likeness (QED) is 0.322. The van der Waals surface area contributed by atoms with Crippen LogP contribution in [0, 0.1) is 6.92 Å². The summed E-state index contributed by atoms with van der Waals surface area (Å²) in [6.07, 6.45) is 4.59. The van der Waals surface area contributed by atoms with E-state index in [0.717, 1.165) is 5.75 Å². The molecule has 156 valence electrons. The average molecular weight is 409 g/mol. The van der Waals surface area contributed by atoms with Crippen LogP contribution in [0.5, 0.6) is 5.75 Å². The van der Waals surface area contributed by atoms with Crippen LogP contribution in [0.1, 0.15) is 35.1 Å². The number of para-hydroxylation sites is 2. The van der Waals surface area contributed by atoms with Crippen LogP contribution >= 0.6 is 0 Å². The Bertz CT molecular complexity index is 1310. The van der Waals surface area contributed by atoms with E-state index in [4.69, 9.17) is 4.74 Å². The van der Waals surface area contributed by atoms with Crippen molar-refractivity contribution in [3.05, 3.63) is 101 Å². The Labute approximate surface area is 183 Å². The summed E-state index contributed by atoms with van der Waals surface area (Å²) in [6.45, 7) is 4.84. The van der Waals surface area contributed by atoms with Crippen LogP contribution in [0.4, 0.5) is 0 Å². The summed E-state index contributed by atoms with van der Waals surface area (Å²) in [5.41, 5.74) is 7.63. The van der Waals surface area contributed by atoms with Gasteiger partial charge in [0.05, 0.1) is 6.61 Å². The Hall–Kier alpha value is -3.46. The van der Waals surface area contributed by atoms with E-state index in [1.807, 2.05) is 6.92 Å². The first kappa shape index (κ1) is 19.5. The first-order valence-electron chi connectivity index (χ1n) is 10.9. The molecule has 0 spiro atoms. The van der Waals surface area contributed by atoms with Crippen LogP contribution < -0.4 is 4.74 Å². The van der Waals surface area contributed by atoms with Gasteiger partial charge < -0.3 is 13.9 Å². The molecule has 3 nitrogen and oxygen atoms in total. The third-order valence-corrected chi connectivity index (χ3v) is 6.31. The molecule has 0 aliphatic heterocycles.